The molecule has 3 aromatic rings. The maximum absolute atomic E-state index is 12.5. The van der Waals surface area contributed by atoms with Gasteiger partial charge in [0.2, 0.25) is 0 Å². The Morgan fingerprint density at radius 1 is 1.03 bits per heavy atom. The van der Waals surface area contributed by atoms with Gasteiger partial charge in [0, 0.05) is 13.1 Å². The van der Waals surface area contributed by atoms with Crippen molar-refractivity contribution in [2.45, 2.75) is 29.9 Å². The number of piperidine rings is 1. The van der Waals surface area contributed by atoms with Gasteiger partial charge in [0.25, 0.3) is 5.91 Å². The Bertz CT molecular complexity index is 1080. The van der Waals surface area contributed by atoms with E-state index in [1.165, 1.54) is 18.4 Å². The number of carbonyl (C=O) groups is 1. The van der Waals surface area contributed by atoms with Crippen molar-refractivity contribution in [3.8, 4) is 0 Å². The summed E-state index contributed by atoms with van der Waals surface area (Å²) in [5, 5.41) is 3.40. The van der Waals surface area contributed by atoms with Crippen molar-refractivity contribution in [2.75, 3.05) is 26.2 Å². The van der Waals surface area contributed by atoms with Crippen LogP contribution in [0.1, 0.15) is 34.7 Å². The van der Waals surface area contributed by atoms with Crippen LogP contribution in [0.15, 0.2) is 76.0 Å². The van der Waals surface area contributed by atoms with Crippen molar-refractivity contribution in [1.82, 2.24) is 10.2 Å². The first-order chi connectivity index (χ1) is 16.1. The number of benzene rings is 2. The first-order valence-electron chi connectivity index (χ1n) is 11.3. The molecule has 0 aliphatic carbocycles. The quantitative estimate of drug-likeness (QED) is 0.468. The molecule has 2 aromatic carbocycles. The SMILES string of the molecule is O=C(NCCN1CCC(Cc2ccccc2)CC1)c1ccc(C[S@](=O)c2ccccc2Cl)o1. The fourth-order valence-electron chi connectivity index (χ4n) is 4.19. The number of likely N-dealkylation sites (tertiary alicyclic amines) is 1. The molecule has 174 valence electrons. The van der Waals surface area contributed by atoms with E-state index < -0.39 is 10.8 Å². The fraction of sp³-hybridized carbons (Fsp3) is 0.346. The number of amides is 1. The Labute approximate surface area is 202 Å². The fourth-order valence-corrected chi connectivity index (χ4v) is 5.67. The predicted octanol–water partition coefficient (Wildman–Crippen LogP) is 4.93. The monoisotopic (exact) mass is 484 g/mol. The van der Waals surface area contributed by atoms with Crippen molar-refractivity contribution in [1.29, 1.82) is 0 Å². The Kier molecular flexibility index (Phi) is 8.37. The first kappa shape index (κ1) is 23.7. The van der Waals surface area contributed by atoms with Crippen molar-refractivity contribution in [2.24, 2.45) is 5.92 Å². The van der Waals surface area contributed by atoms with Gasteiger partial charge in [0.15, 0.2) is 5.76 Å². The summed E-state index contributed by atoms with van der Waals surface area (Å²) in [4.78, 5) is 15.4. The van der Waals surface area contributed by atoms with Crippen molar-refractivity contribution < 1.29 is 13.4 Å². The molecule has 1 aliphatic heterocycles. The number of rotatable bonds is 9. The van der Waals surface area contributed by atoms with Crippen LogP contribution < -0.4 is 5.32 Å². The molecule has 1 aromatic heterocycles. The minimum absolute atomic E-state index is 0.176. The lowest BCUT2D eigenvalue weighted by Gasteiger charge is -2.32. The van der Waals surface area contributed by atoms with E-state index in [-0.39, 0.29) is 17.4 Å². The van der Waals surface area contributed by atoms with E-state index in [1.54, 1.807) is 36.4 Å². The number of nitrogens with one attached hydrogen (secondary N) is 1. The summed E-state index contributed by atoms with van der Waals surface area (Å²) in [5.74, 6) is 1.40. The standard InChI is InChI=1S/C26H29ClN2O3S/c27-23-8-4-5-9-25(23)33(31)19-22-10-11-24(32-22)26(30)28-14-17-29-15-12-21(13-16-29)18-20-6-2-1-3-7-20/h1-11,21H,12-19H2,(H,28,30)/t33-/m0/s1. The van der Waals surface area contributed by atoms with E-state index in [9.17, 15) is 9.00 Å². The minimum Gasteiger partial charge on any atom is -0.455 e. The van der Waals surface area contributed by atoms with Crippen molar-refractivity contribution in [3.63, 3.8) is 0 Å². The van der Waals surface area contributed by atoms with Gasteiger partial charge < -0.3 is 14.6 Å². The zero-order valence-electron chi connectivity index (χ0n) is 18.5. The maximum atomic E-state index is 12.5. The van der Waals surface area contributed by atoms with Gasteiger partial charge in [-0.1, -0.05) is 54.1 Å². The van der Waals surface area contributed by atoms with Crippen LogP contribution in [-0.2, 0) is 23.0 Å². The summed E-state index contributed by atoms with van der Waals surface area (Å²) >= 11 is 6.11. The van der Waals surface area contributed by atoms with Crippen LogP contribution >= 0.6 is 11.6 Å². The Hall–Kier alpha value is -2.41. The highest BCUT2D eigenvalue weighted by Crippen LogP contribution is 2.23. The summed E-state index contributed by atoms with van der Waals surface area (Å²) in [7, 11) is -1.33. The van der Waals surface area contributed by atoms with Gasteiger partial charge in [0.05, 0.1) is 26.5 Å². The highest BCUT2D eigenvalue weighted by atomic mass is 35.5. The number of hydrogen-bond donors (Lipinski definition) is 1. The van der Waals surface area contributed by atoms with Gasteiger partial charge in [-0.2, -0.15) is 0 Å². The van der Waals surface area contributed by atoms with Gasteiger partial charge in [0.1, 0.15) is 5.76 Å². The Morgan fingerprint density at radius 3 is 2.52 bits per heavy atom. The normalized spacial score (nSPS) is 15.9. The summed E-state index contributed by atoms with van der Waals surface area (Å²) < 4.78 is 18.2. The molecule has 1 fully saturated rings. The first-order valence-corrected chi connectivity index (χ1v) is 13.0. The second-order valence-electron chi connectivity index (χ2n) is 8.42. The molecule has 0 saturated carbocycles. The lowest BCUT2D eigenvalue weighted by atomic mass is 9.90. The Morgan fingerprint density at radius 2 is 1.76 bits per heavy atom. The largest absolute Gasteiger partial charge is 0.455 e. The van der Waals surface area contributed by atoms with Gasteiger partial charge in [-0.05, 0) is 68.1 Å². The van der Waals surface area contributed by atoms with Crippen LogP contribution in [0.2, 0.25) is 5.02 Å². The number of nitrogens with zero attached hydrogens (tertiary/aromatic N) is 1. The lowest BCUT2D eigenvalue weighted by Crippen LogP contribution is -2.39. The van der Waals surface area contributed by atoms with Gasteiger partial charge in [-0.25, -0.2) is 0 Å². The molecular weight excluding hydrogens is 456 g/mol. The number of hydrogen-bond acceptors (Lipinski definition) is 4. The second-order valence-corrected chi connectivity index (χ2v) is 10.2. The third-order valence-corrected chi connectivity index (χ3v) is 7.86. The maximum Gasteiger partial charge on any atom is 0.287 e. The van der Waals surface area contributed by atoms with E-state index in [1.807, 2.05) is 0 Å². The summed E-state index contributed by atoms with van der Waals surface area (Å²) in [6, 6.07) is 21.0. The predicted molar refractivity (Wildman–Crippen MR) is 132 cm³/mol. The van der Waals surface area contributed by atoms with Gasteiger partial charge in [-0.15, -0.1) is 0 Å². The average Bonchev–Trinajstić information content (AvgIpc) is 3.30. The molecule has 4 rings (SSSR count). The molecule has 0 bridgehead atoms. The highest BCUT2D eigenvalue weighted by molar-refractivity contribution is 7.84. The molecule has 7 heteroatoms. The van der Waals surface area contributed by atoms with E-state index in [2.05, 4.69) is 40.5 Å². The van der Waals surface area contributed by atoms with Crippen LogP contribution in [0.5, 0.6) is 0 Å². The van der Waals surface area contributed by atoms with E-state index >= 15 is 0 Å². The molecule has 0 spiro atoms. The third kappa shape index (κ3) is 6.79. The molecular formula is C26H29ClN2O3S. The summed E-state index contributed by atoms with van der Waals surface area (Å²) in [6.07, 6.45) is 3.52. The van der Waals surface area contributed by atoms with E-state index in [4.69, 9.17) is 16.0 Å². The van der Waals surface area contributed by atoms with Crippen LogP contribution in [0.3, 0.4) is 0 Å². The van der Waals surface area contributed by atoms with E-state index in [0.29, 0.717) is 22.2 Å². The minimum atomic E-state index is -1.33. The molecule has 1 atom stereocenters. The Balaban J connectivity index is 1.18. The van der Waals surface area contributed by atoms with Crippen molar-refractivity contribution >= 4 is 28.3 Å². The molecule has 2 heterocycles. The van der Waals surface area contributed by atoms with Crippen LogP contribution in [0, 0.1) is 5.92 Å². The highest BCUT2D eigenvalue weighted by Gasteiger charge is 2.20. The molecule has 1 N–H and O–H groups in total. The lowest BCUT2D eigenvalue weighted by molar-refractivity contribution is 0.0915. The number of furan rings is 1. The average molecular weight is 485 g/mol. The number of halogens is 1. The topological polar surface area (TPSA) is 62.6 Å². The molecule has 0 radical (unpaired) electrons. The van der Waals surface area contributed by atoms with Gasteiger partial charge in [-0.3, -0.25) is 9.00 Å². The molecule has 1 saturated heterocycles. The van der Waals surface area contributed by atoms with E-state index in [0.717, 1.165) is 32.0 Å². The second kappa shape index (κ2) is 11.6. The number of carbonyl (C=O) groups excluding carboxylic acids is 1. The van der Waals surface area contributed by atoms with Gasteiger partial charge >= 0.3 is 0 Å². The van der Waals surface area contributed by atoms with Crippen LogP contribution in [0.4, 0.5) is 0 Å². The smallest absolute Gasteiger partial charge is 0.287 e. The molecule has 1 aliphatic rings. The molecule has 0 unspecified atom stereocenters. The molecule has 33 heavy (non-hydrogen) atoms. The zero-order valence-corrected chi connectivity index (χ0v) is 20.1. The zero-order chi connectivity index (χ0) is 23.0. The summed E-state index contributed by atoms with van der Waals surface area (Å²) in [5.41, 5.74) is 1.41. The third-order valence-electron chi connectivity index (χ3n) is 6.03. The molecule has 1 amide bonds. The van der Waals surface area contributed by atoms with Crippen LogP contribution in [0.25, 0.3) is 0 Å². The summed E-state index contributed by atoms with van der Waals surface area (Å²) in [6.45, 7) is 3.52. The molecule has 5 nitrogen and oxygen atoms in total. The van der Waals surface area contributed by atoms with Crippen LogP contribution in [-0.4, -0.2) is 41.2 Å². The van der Waals surface area contributed by atoms with Crippen molar-refractivity contribution in [3.05, 3.63) is 88.8 Å².